The van der Waals surface area contributed by atoms with Crippen LogP contribution in [0.3, 0.4) is 0 Å². The number of hydrogen-bond donors (Lipinski definition) is 0. The molecular weight excluding hydrogens is 290 g/mol. The average molecular weight is 303 g/mol. The lowest BCUT2D eigenvalue weighted by atomic mass is 10.2. The Hall–Kier alpha value is -3.26. The lowest BCUT2D eigenvalue weighted by Gasteiger charge is -2.02. The molecule has 5 nitrogen and oxygen atoms in total. The normalized spacial score (nSPS) is 12.8. The van der Waals surface area contributed by atoms with E-state index < -0.39 is 0 Å². The van der Waals surface area contributed by atoms with Gasteiger partial charge in [-0.25, -0.2) is 4.98 Å². The number of fused-ring (bicyclic) bond motifs is 2. The highest BCUT2D eigenvalue weighted by atomic mass is 16.7. The number of aromatic nitrogens is 2. The van der Waals surface area contributed by atoms with E-state index in [2.05, 4.69) is 11.1 Å². The van der Waals surface area contributed by atoms with Gasteiger partial charge >= 0.3 is 0 Å². The maximum atomic E-state index is 9.12. The molecule has 0 N–H and O–H groups in total. The van der Waals surface area contributed by atoms with Gasteiger partial charge in [-0.1, -0.05) is 36.4 Å². The van der Waals surface area contributed by atoms with Crippen LogP contribution in [0.1, 0.15) is 11.4 Å². The minimum atomic E-state index is 0.223. The third kappa shape index (κ3) is 2.40. The number of benzene rings is 2. The molecule has 0 bridgehead atoms. The fraction of sp³-hybridized carbons (Fsp3) is 0.111. The van der Waals surface area contributed by atoms with E-state index >= 15 is 0 Å². The van der Waals surface area contributed by atoms with E-state index in [1.54, 1.807) is 0 Å². The molecule has 2 heterocycles. The molecule has 0 atom stereocenters. The summed E-state index contributed by atoms with van der Waals surface area (Å²) in [5, 5.41) is 9.12. The number of hydrogen-bond acceptors (Lipinski definition) is 4. The first kappa shape index (κ1) is 13.4. The first-order valence-corrected chi connectivity index (χ1v) is 7.25. The predicted octanol–water partition coefficient (Wildman–Crippen LogP) is 3.46. The molecule has 5 heteroatoms. The predicted molar refractivity (Wildman–Crippen MR) is 86.8 cm³/mol. The second-order valence-electron chi connectivity index (χ2n) is 5.15. The fourth-order valence-electron chi connectivity index (χ4n) is 2.63. The Morgan fingerprint density at radius 3 is 2.70 bits per heavy atom. The maximum Gasteiger partial charge on any atom is 0.231 e. The molecule has 0 aliphatic carbocycles. The Morgan fingerprint density at radius 2 is 1.91 bits per heavy atom. The third-order valence-corrected chi connectivity index (χ3v) is 3.73. The first-order valence-electron chi connectivity index (χ1n) is 7.25. The van der Waals surface area contributed by atoms with Crippen molar-refractivity contribution in [3.8, 4) is 17.6 Å². The van der Waals surface area contributed by atoms with E-state index in [0.29, 0.717) is 11.5 Å². The van der Waals surface area contributed by atoms with Crippen molar-refractivity contribution in [2.24, 2.45) is 0 Å². The Labute approximate surface area is 133 Å². The van der Waals surface area contributed by atoms with E-state index in [9.17, 15) is 0 Å². The van der Waals surface area contributed by atoms with Gasteiger partial charge in [-0.2, -0.15) is 5.26 Å². The van der Waals surface area contributed by atoms with Crippen molar-refractivity contribution in [1.29, 1.82) is 5.26 Å². The summed E-state index contributed by atoms with van der Waals surface area (Å²) in [6.07, 6.45) is 3.90. The SMILES string of the molecule is N#CCn1c(/C=C/c2ccccc2)nc2cc3c(cc21)OCO3. The van der Waals surface area contributed by atoms with Crippen LogP contribution in [0.25, 0.3) is 23.2 Å². The van der Waals surface area contributed by atoms with E-state index in [-0.39, 0.29) is 13.3 Å². The minimum absolute atomic E-state index is 0.223. The summed E-state index contributed by atoms with van der Waals surface area (Å²) in [4.78, 5) is 4.61. The van der Waals surface area contributed by atoms with E-state index in [1.165, 1.54) is 0 Å². The van der Waals surface area contributed by atoms with Crippen LogP contribution in [0.2, 0.25) is 0 Å². The summed E-state index contributed by atoms with van der Waals surface area (Å²) >= 11 is 0. The van der Waals surface area contributed by atoms with Crippen LogP contribution >= 0.6 is 0 Å². The molecule has 0 spiro atoms. The van der Waals surface area contributed by atoms with Crippen LogP contribution in [0.5, 0.6) is 11.5 Å². The number of ether oxygens (including phenoxy) is 2. The van der Waals surface area contributed by atoms with Crippen LogP contribution in [0.4, 0.5) is 0 Å². The van der Waals surface area contributed by atoms with Gasteiger partial charge in [-0.3, -0.25) is 0 Å². The summed E-state index contributed by atoms with van der Waals surface area (Å²) in [5.41, 5.74) is 2.73. The lowest BCUT2D eigenvalue weighted by Crippen LogP contribution is -1.98. The van der Waals surface area contributed by atoms with Gasteiger partial charge in [0.25, 0.3) is 0 Å². The van der Waals surface area contributed by atoms with Crippen LogP contribution in [-0.2, 0) is 6.54 Å². The van der Waals surface area contributed by atoms with Gasteiger partial charge in [0.05, 0.1) is 17.1 Å². The second kappa shape index (κ2) is 5.50. The number of nitrogens with zero attached hydrogens (tertiary/aromatic N) is 3. The number of nitriles is 1. The lowest BCUT2D eigenvalue weighted by molar-refractivity contribution is 0.174. The van der Waals surface area contributed by atoms with Crippen molar-refractivity contribution in [2.45, 2.75) is 6.54 Å². The summed E-state index contributed by atoms with van der Waals surface area (Å²) in [5.74, 6) is 2.11. The number of imidazole rings is 1. The van der Waals surface area contributed by atoms with Crippen LogP contribution in [0, 0.1) is 11.3 Å². The van der Waals surface area contributed by atoms with Gasteiger partial charge in [0.1, 0.15) is 12.4 Å². The topological polar surface area (TPSA) is 60.1 Å². The first-order chi connectivity index (χ1) is 11.3. The Kier molecular flexibility index (Phi) is 3.21. The van der Waals surface area contributed by atoms with Gasteiger partial charge in [0.2, 0.25) is 6.79 Å². The molecule has 1 aliphatic rings. The Bertz CT molecular complexity index is 936. The Balaban J connectivity index is 1.81. The minimum Gasteiger partial charge on any atom is -0.454 e. The quantitative estimate of drug-likeness (QED) is 0.743. The Morgan fingerprint density at radius 1 is 1.13 bits per heavy atom. The molecule has 3 aromatic rings. The zero-order chi connectivity index (χ0) is 15.6. The molecule has 2 aromatic carbocycles. The van der Waals surface area contributed by atoms with Crippen molar-refractivity contribution in [3.63, 3.8) is 0 Å². The summed E-state index contributed by atoms with van der Waals surface area (Å²) in [7, 11) is 0. The van der Waals surface area contributed by atoms with E-state index in [4.69, 9.17) is 14.7 Å². The smallest absolute Gasteiger partial charge is 0.231 e. The zero-order valence-corrected chi connectivity index (χ0v) is 12.3. The molecule has 0 radical (unpaired) electrons. The maximum absolute atomic E-state index is 9.12. The molecule has 1 aliphatic heterocycles. The highest BCUT2D eigenvalue weighted by Gasteiger charge is 2.18. The van der Waals surface area contributed by atoms with Crippen molar-refractivity contribution >= 4 is 23.2 Å². The molecule has 1 aromatic heterocycles. The van der Waals surface area contributed by atoms with Crippen molar-refractivity contribution in [2.75, 3.05) is 6.79 Å². The van der Waals surface area contributed by atoms with Crippen LogP contribution in [0.15, 0.2) is 42.5 Å². The zero-order valence-electron chi connectivity index (χ0n) is 12.3. The van der Waals surface area contributed by atoms with Crippen molar-refractivity contribution < 1.29 is 9.47 Å². The molecule has 0 saturated heterocycles. The second-order valence-corrected chi connectivity index (χ2v) is 5.15. The van der Waals surface area contributed by atoms with Crippen LogP contribution in [-0.4, -0.2) is 16.3 Å². The highest BCUT2D eigenvalue weighted by Crippen LogP contribution is 2.36. The summed E-state index contributed by atoms with van der Waals surface area (Å²) < 4.78 is 12.7. The molecule has 4 rings (SSSR count). The summed E-state index contributed by atoms with van der Waals surface area (Å²) in [6, 6.07) is 15.9. The van der Waals surface area contributed by atoms with Gasteiger partial charge in [-0.05, 0) is 11.6 Å². The third-order valence-electron chi connectivity index (χ3n) is 3.73. The van der Waals surface area contributed by atoms with Crippen molar-refractivity contribution in [1.82, 2.24) is 9.55 Å². The number of rotatable bonds is 3. The molecule has 0 unspecified atom stereocenters. The monoisotopic (exact) mass is 303 g/mol. The van der Waals surface area contributed by atoms with Crippen molar-refractivity contribution in [3.05, 3.63) is 53.9 Å². The highest BCUT2D eigenvalue weighted by molar-refractivity contribution is 5.83. The molecule has 0 saturated carbocycles. The van der Waals surface area contributed by atoms with Crippen LogP contribution < -0.4 is 9.47 Å². The van der Waals surface area contributed by atoms with Gasteiger partial charge in [-0.15, -0.1) is 0 Å². The molecule has 23 heavy (non-hydrogen) atoms. The molecule has 0 amide bonds. The molecular formula is C18H13N3O2. The molecule has 0 fully saturated rings. The van der Waals surface area contributed by atoms with Gasteiger partial charge in [0.15, 0.2) is 11.5 Å². The average Bonchev–Trinajstić information content (AvgIpc) is 3.16. The van der Waals surface area contributed by atoms with E-state index in [1.807, 2.05) is 59.2 Å². The van der Waals surface area contributed by atoms with Gasteiger partial charge < -0.3 is 14.0 Å². The fourth-order valence-corrected chi connectivity index (χ4v) is 2.63. The molecule has 112 valence electrons. The summed E-state index contributed by atoms with van der Waals surface area (Å²) in [6.45, 7) is 0.450. The largest absolute Gasteiger partial charge is 0.454 e. The van der Waals surface area contributed by atoms with E-state index in [0.717, 1.165) is 22.4 Å². The van der Waals surface area contributed by atoms with Gasteiger partial charge in [0, 0.05) is 12.1 Å². The standard InChI is InChI=1S/C18H13N3O2/c19-8-9-21-15-11-17-16(22-12-23-17)10-14(15)20-18(21)7-6-13-4-2-1-3-5-13/h1-7,10-11H,9,12H2/b7-6+.